The number of halogens is 1. The van der Waals surface area contributed by atoms with Gasteiger partial charge in [-0.25, -0.2) is 4.39 Å². The fourth-order valence-electron chi connectivity index (χ4n) is 5.16. The van der Waals surface area contributed by atoms with Crippen LogP contribution in [-0.4, -0.2) is 0 Å². The third-order valence-electron chi connectivity index (χ3n) is 6.69. The summed E-state index contributed by atoms with van der Waals surface area (Å²) in [5.41, 5.74) is 1.35. The van der Waals surface area contributed by atoms with E-state index >= 15 is 0 Å². The zero-order valence-corrected chi connectivity index (χ0v) is 15.1. The molecule has 24 heavy (non-hydrogen) atoms. The van der Waals surface area contributed by atoms with E-state index < -0.39 is 0 Å². The van der Waals surface area contributed by atoms with E-state index in [1.165, 1.54) is 76.2 Å². The fourth-order valence-corrected chi connectivity index (χ4v) is 5.16. The molecular weight excluding hydrogens is 295 g/mol. The smallest absolute Gasteiger partial charge is 0.123 e. The third-order valence-corrected chi connectivity index (χ3v) is 6.69. The normalized spacial score (nSPS) is 30.9. The summed E-state index contributed by atoms with van der Waals surface area (Å²) in [6.07, 6.45) is 17.2. The molecule has 0 nitrogen and oxygen atoms in total. The van der Waals surface area contributed by atoms with Crippen molar-refractivity contribution >= 4 is 0 Å². The Morgan fingerprint density at radius 2 is 1.46 bits per heavy atom. The van der Waals surface area contributed by atoms with Crippen LogP contribution in [0, 0.1) is 23.6 Å². The number of allylic oxidation sites excluding steroid dienone is 1. The van der Waals surface area contributed by atoms with E-state index in [0.29, 0.717) is 5.92 Å². The van der Waals surface area contributed by atoms with Crippen molar-refractivity contribution in [1.29, 1.82) is 0 Å². The van der Waals surface area contributed by atoms with E-state index in [2.05, 4.69) is 12.7 Å². The Kier molecular flexibility index (Phi) is 6.51. The molecule has 2 aliphatic carbocycles. The lowest BCUT2D eigenvalue weighted by molar-refractivity contribution is 0.156. The first-order chi connectivity index (χ1) is 11.8. The summed E-state index contributed by atoms with van der Waals surface area (Å²) in [7, 11) is 0. The Morgan fingerprint density at radius 3 is 2.04 bits per heavy atom. The predicted molar refractivity (Wildman–Crippen MR) is 101 cm³/mol. The molecule has 2 aliphatic rings. The molecule has 1 aromatic rings. The number of unbranched alkanes of at least 4 members (excludes halogenated alkanes) is 1. The van der Waals surface area contributed by atoms with Gasteiger partial charge in [0.15, 0.2) is 0 Å². The zero-order valence-electron chi connectivity index (χ0n) is 15.1. The average molecular weight is 329 g/mol. The molecule has 0 amide bonds. The highest BCUT2D eigenvalue weighted by molar-refractivity contribution is 5.20. The second-order valence-electron chi connectivity index (χ2n) is 8.16. The number of rotatable bonds is 6. The van der Waals surface area contributed by atoms with Crippen LogP contribution in [0.4, 0.5) is 4.39 Å². The summed E-state index contributed by atoms with van der Waals surface area (Å²) in [5, 5.41) is 0. The molecule has 0 aromatic heterocycles. The van der Waals surface area contributed by atoms with Gasteiger partial charge in [-0.05, 0) is 92.7 Å². The van der Waals surface area contributed by atoms with E-state index in [-0.39, 0.29) is 5.82 Å². The average Bonchev–Trinajstić information content (AvgIpc) is 2.63. The van der Waals surface area contributed by atoms with Gasteiger partial charge in [0.25, 0.3) is 0 Å². The molecule has 0 atom stereocenters. The number of hydrogen-bond donors (Lipinski definition) is 0. The largest absolute Gasteiger partial charge is 0.207 e. The first-order valence-corrected chi connectivity index (χ1v) is 10.1. The summed E-state index contributed by atoms with van der Waals surface area (Å²) in [4.78, 5) is 0. The molecular formula is C23H33F. The monoisotopic (exact) mass is 328 g/mol. The van der Waals surface area contributed by atoms with Crippen molar-refractivity contribution in [2.24, 2.45) is 17.8 Å². The van der Waals surface area contributed by atoms with Gasteiger partial charge in [0, 0.05) is 0 Å². The highest BCUT2D eigenvalue weighted by Gasteiger charge is 2.31. The second kappa shape index (κ2) is 8.83. The zero-order chi connectivity index (χ0) is 16.8. The van der Waals surface area contributed by atoms with Gasteiger partial charge in [-0.2, -0.15) is 0 Å². The Hall–Kier alpha value is -1.11. The van der Waals surface area contributed by atoms with Gasteiger partial charge in [0.05, 0.1) is 0 Å². The summed E-state index contributed by atoms with van der Waals surface area (Å²) >= 11 is 0. The van der Waals surface area contributed by atoms with E-state index in [9.17, 15) is 4.39 Å². The molecule has 0 heterocycles. The Bertz CT molecular complexity index is 487. The van der Waals surface area contributed by atoms with Gasteiger partial charge < -0.3 is 0 Å². The molecule has 0 bridgehead atoms. The minimum Gasteiger partial charge on any atom is -0.207 e. The molecule has 0 aliphatic heterocycles. The van der Waals surface area contributed by atoms with Crippen molar-refractivity contribution < 1.29 is 4.39 Å². The quantitative estimate of drug-likeness (QED) is 0.381. The molecule has 2 fully saturated rings. The highest BCUT2D eigenvalue weighted by Crippen LogP contribution is 2.44. The molecule has 0 saturated heterocycles. The molecule has 1 heteroatoms. The van der Waals surface area contributed by atoms with Crippen molar-refractivity contribution in [3.8, 4) is 0 Å². The molecule has 0 spiro atoms. The van der Waals surface area contributed by atoms with E-state index in [4.69, 9.17) is 0 Å². The molecule has 0 N–H and O–H groups in total. The van der Waals surface area contributed by atoms with Crippen LogP contribution in [0.1, 0.15) is 82.1 Å². The van der Waals surface area contributed by atoms with E-state index in [1.807, 2.05) is 12.1 Å². The molecule has 0 radical (unpaired) electrons. The lowest BCUT2D eigenvalue weighted by Gasteiger charge is -2.38. The summed E-state index contributed by atoms with van der Waals surface area (Å²) in [6.45, 7) is 3.83. The maximum absolute atomic E-state index is 13.1. The highest BCUT2D eigenvalue weighted by atomic mass is 19.1. The Balaban J connectivity index is 1.41. The molecule has 2 saturated carbocycles. The molecule has 0 unspecified atom stereocenters. The third kappa shape index (κ3) is 4.71. The van der Waals surface area contributed by atoms with Crippen molar-refractivity contribution in [2.75, 3.05) is 0 Å². The summed E-state index contributed by atoms with van der Waals surface area (Å²) in [6, 6.07) is 7.23. The fraction of sp³-hybridized carbons (Fsp3) is 0.652. The molecule has 132 valence electrons. The van der Waals surface area contributed by atoms with Crippen LogP contribution in [0.3, 0.4) is 0 Å². The van der Waals surface area contributed by atoms with Gasteiger partial charge in [-0.15, -0.1) is 6.58 Å². The van der Waals surface area contributed by atoms with Gasteiger partial charge in [0.1, 0.15) is 5.82 Å². The molecule has 1 aromatic carbocycles. The van der Waals surface area contributed by atoms with Crippen molar-refractivity contribution in [3.05, 3.63) is 48.3 Å². The van der Waals surface area contributed by atoms with Crippen molar-refractivity contribution in [1.82, 2.24) is 0 Å². The minimum absolute atomic E-state index is 0.114. The van der Waals surface area contributed by atoms with Gasteiger partial charge in [-0.3, -0.25) is 0 Å². The molecule has 3 rings (SSSR count). The lowest BCUT2D eigenvalue weighted by atomic mass is 9.68. The predicted octanol–water partition coefficient (Wildman–Crippen LogP) is 7.26. The van der Waals surface area contributed by atoms with E-state index in [0.717, 1.165) is 17.8 Å². The summed E-state index contributed by atoms with van der Waals surface area (Å²) < 4.78 is 13.1. The lowest BCUT2D eigenvalue weighted by Crippen LogP contribution is -2.25. The first-order valence-electron chi connectivity index (χ1n) is 10.1. The maximum atomic E-state index is 13.1. The standard InChI is InChI=1S/C23H33F/c1-2-3-4-5-18-6-8-19(9-7-18)20-10-12-21(13-11-20)22-14-16-23(24)17-15-22/h2,14-21H,1,3-13H2/t18-,19-,20-,21-. The van der Waals surface area contributed by atoms with Crippen LogP contribution in [-0.2, 0) is 0 Å². The number of benzene rings is 1. The van der Waals surface area contributed by atoms with Gasteiger partial charge in [-0.1, -0.05) is 37.5 Å². The van der Waals surface area contributed by atoms with Crippen molar-refractivity contribution in [3.63, 3.8) is 0 Å². The van der Waals surface area contributed by atoms with Gasteiger partial charge in [0.2, 0.25) is 0 Å². The van der Waals surface area contributed by atoms with Crippen LogP contribution in [0.25, 0.3) is 0 Å². The van der Waals surface area contributed by atoms with Crippen LogP contribution >= 0.6 is 0 Å². The second-order valence-corrected chi connectivity index (χ2v) is 8.16. The van der Waals surface area contributed by atoms with Crippen LogP contribution < -0.4 is 0 Å². The Labute approximate surface area is 147 Å². The van der Waals surface area contributed by atoms with Crippen LogP contribution in [0.5, 0.6) is 0 Å². The summed E-state index contributed by atoms with van der Waals surface area (Å²) in [5.74, 6) is 3.47. The van der Waals surface area contributed by atoms with E-state index in [1.54, 1.807) is 12.1 Å². The van der Waals surface area contributed by atoms with Crippen molar-refractivity contribution in [2.45, 2.75) is 76.5 Å². The SMILES string of the molecule is C=CCCC[C@H]1CC[C@H]([C@H]2CC[C@H](c3ccc(F)cc3)CC2)CC1. The van der Waals surface area contributed by atoms with Gasteiger partial charge >= 0.3 is 0 Å². The maximum Gasteiger partial charge on any atom is 0.123 e. The van der Waals surface area contributed by atoms with Crippen LogP contribution in [0.2, 0.25) is 0 Å². The number of hydrogen-bond acceptors (Lipinski definition) is 0. The minimum atomic E-state index is -0.114. The first kappa shape index (κ1) is 17.7. The van der Waals surface area contributed by atoms with Crippen LogP contribution in [0.15, 0.2) is 36.9 Å². The Morgan fingerprint density at radius 1 is 0.875 bits per heavy atom. The topological polar surface area (TPSA) is 0 Å².